The first kappa shape index (κ1) is 225. The second-order valence-corrected chi connectivity index (χ2v) is 1.41. The highest BCUT2D eigenvalue weighted by molar-refractivity contribution is 3.92. The first-order chi connectivity index (χ1) is 2.83. The van der Waals surface area contributed by atoms with Gasteiger partial charge in [0.25, 0.3) is 0 Å². The van der Waals surface area contributed by atoms with Gasteiger partial charge in [-0.1, -0.05) is 115 Å². The third-order valence-electron chi connectivity index (χ3n) is 0. The van der Waals surface area contributed by atoms with E-state index in [0.29, 0.717) is 0 Å². The van der Waals surface area contributed by atoms with Crippen LogP contribution in [0.1, 0.15) is 115 Å². The summed E-state index contributed by atoms with van der Waals surface area (Å²) in [5.41, 5.74) is 0. The molecule has 0 atom stereocenters. The summed E-state index contributed by atoms with van der Waals surface area (Å²) in [6.45, 7) is 8.50. The minimum atomic E-state index is 0. The SMILES string of the molecule is C.C.C.C.C.C.C.C.C.C.CCC.CCC. The molecular formula is C16H56. The summed E-state index contributed by atoms with van der Waals surface area (Å²) < 4.78 is 0. The molecule has 0 heteroatoms. The molecule has 0 aromatic rings. The van der Waals surface area contributed by atoms with E-state index in [4.69, 9.17) is 0 Å². The zero-order chi connectivity index (χ0) is 5.41. The van der Waals surface area contributed by atoms with Crippen LogP contribution in [-0.4, -0.2) is 0 Å². The quantitative estimate of drug-likeness (QED) is 0.401. The Labute approximate surface area is 115 Å². The molecule has 0 fully saturated rings. The van der Waals surface area contributed by atoms with Crippen molar-refractivity contribution in [1.29, 1.82) is 0 Å². The van der Waals surface area contributed by atoms with E-state index in [1.807, 2.05) is 0 Å². The van der Waals surface area contributed by atoms with E-state index in [1.54, 1.807) is 0 Å². The van der Waals surface area contributed by atoms with Gasteiger partial charge in [0.1, 0.15) is 0 Å². The number of hydrogen-bond acceptors (Lipinski definition) is 0. The maximum atomic E-state index is 2.12. The third-order valence-corrected chi connectivity index (χ3v) is 0. The van der Waals surface area contributed by atoms with Crippen LogP contribution in [0.5, 0.6) is 0 Å². The molecule has 0 heterocycles. The molecule has 0 saturated heterocycles. The first-order valence-corrected chi connectivity index (χ1v) is 2.83. The van der Waals surface area contributed by atoms with Gasteiger partial charge in [0.2, 0.25) is 0 Å². The molecule has 0 bridgehead atoms. The molecular weight excluding hydrogens is 192 g/mol. The first-order valence-electron chi connectivity index (χ1n) is 2.83. The van der Waals surface area contributed by atoms with Gasteiger partial charge >= 0.3 is 0 Å². The fourth-order valence-electron chi connectivity index (χ4n) is 0. The summed E-state index contributed by atoms with van der Waals surface area (Å²) in [7, 11) is 0. The summed E-state index contributed by atoms with van der Waals surface area (Å²) in [6.07, 6.45) is 2.50. The number of rotatable bonds is 0. The average Bonchev–Trinajstić information content (AvgIpc) is 1.39. The van der Waals surface area contributed by atoms with E-state index < -0.39 is 0 Å². The predicted octanol–water partition coefficient (Wildman–Crippen LogP) is 9.19. The molecule has 0 radical (unpaired) electrons. The van der Waals surface area contributed by atoms with Crippen molar-refractivity contribution < 1.29 is 0 Å². The zero-order valence-electron chi connectivity index (χ0n) is 5.41. The summed E-state index contributed by atoms with van der Waals surface area (Å²) in [5, 5.41) is 0. The summed E-state index contributed by atoms with van der Waals surface area (Å²) in [6, 6.07) is 0. The van der Waals surface area contributed by atoms with Crippen LogP contribution in [0.4, 0.5) is 0 Å². The highest BCUT2D eigenvalue weighted by Gasteiger charge is 1.36. The van der Waals surface area contributed by atoms with Crippen molar-refractivity contribution in [3.63, 3.8) is 0 Å². The Hall–Kier alpha value is 0. The highest BCUT2D eigenvalue weighted by atomic mass is 13.4. The van der Waals surface area contributed by atoms with E-state index in [2.05, 4.69) is 27.7 Å². The van der Waals surface area contributed by atoms with Crippen LogP contribution in [0.15, 0.2) is 0 Å². The lowest BCUT2D eigenvalue weighted by molar-refractivity contribution is 1.09. The molecule has 0 unspecified atom stereocenters. The molecule has 0 N–H and O–H groups in total. The van der Waals surface area contributed by atoms with Crippen LogP contribution in [-0.2, 0) is 0 Å². The van der Waals surface area contributed by atoms with Crippen LogP contribution < -0.4 is 0 Å². The normalized spacial score (nSPS) is 2.25. The van der Waals surface area contributed by atoms with Gasteiger partial charge in [-0.05, 0) is 0 Å². The molecule has 0 amide bonds. The Kier molecular flexibility index (Phi) is 10300. The lowest BCUT2D eigenvalue weighted by atomic mass is 10.6. The Bertz CT molecular complexity index is 2.00. The molecule has 0 aromatic heterocycles. The second-order valence-electron chi connectivity index (χ2n) is 1.41. The molecule has 0 aliphatic heterocycles. The number of hydrogen-bond donors (Lipinski definition) is 0. The highest BCUT2D eigenvalue weighted by Crippen LogP contribution is 1.56. The van der Waals surface area contributed by atoms with Gasteiger partial charge in [0.15, 0.2) is 0 Å². The van der Waals surface area contributed by atoms with Gasteiger partial charge in [-0.3, -0.25) is 0 Å². The van der Waals surface area contributed by atoms with Crippen LogP contribution in [0, 0.1) is 0 Å². The molecule has 0 spiro atoms. The van der Waals surface area contributed by atoms with Gasteiger partial charge < -0.3 is 0 Å². The van der Waals surface area contributed by atoms with Crippen molar-refractivity contribution >= 4 is 0 Å². The standard InChI is InChI=1S/2C3H8.10CH4/c2*1-3-2;;;;;;;;;;/h2*3H2,1-2H3;10*1H4. The van der Waals surface area contributed by atoms with E-state index >= 15 is 0 Å². The average molecular weight is 249 g/mol. The van der Waals surface area contributed by atoms with Gasteiger partial charge in [0, 0.05) is 0 Å². The van der Waals surface area contributed by atoms with E-state index in [9.17, 15) is 0 Å². The Morgan fingerprint density at radius 2 is 0.312 bits per heavy atom. The lowest BCUT2D eigenvalue weighted by Crippen LogP contribution is -1.27. The van der Waals surface area contributed by atoms with E-state index in [0.717, 1.165) is 0 Å². The van der Waals surface area contributed by atoms with Gasteiger partial charge in [-0.2, -0.15) is 0 Å². The van der Waals surface area contributed by atoms with Crippen LogP contribution in [0.2, 0.25) is 0 Å². The molecule has 0 rings (SSSR count). The van der Waals surface area contributed by atoms with Crippen molar-refractivity contribution in [3.8, 4) is 0 Å². The molecule has 16 heavy (non-hydrogen) atoms. The van der Waals surface area contributed by atoms with Crippen molar-refractivity contribution in [2.45, 2.75) is 115 Å². The molecule has 0 aliphatic carbocycles. The maximum Gasteiger partial charge on any atom is -0.0590 e. The summed E-state index contributed by atoms with van der Waals surface area (Å²) in [4.78, 5) is 0. The second kappa shape index (κ2) is 735. The van der Waals surface area contributed by atoms with Crippen LogP contribution in [0.3, 0.4) is 0 Å². The fourth-order valence-corrected chi connectivity index (χ4v) is 0. The van der Waals surface area contributed by atoms with E-state index in [1.165, 1.54) is 12.8 Å². The topological polar surface area (TPSA) is 0 Å². The van der Waals surface area contributed by atoms with Gasteiger partial charge in [-0.15, -0.1) is 0 Å². The maximum absolute atomic E-state index is 2.12. The largest absolute Gasteiger partial charge is 0.0776 e. The smallest absolute Gasteiger partial charge is 0.0590 e. The Balaban J connectivity index is -0.00000000123. The fraction of sp³-hybridized carbons (Fsp3) is 1.00. The van der Waals surface area contributed by atoms with Gasteiger partial charge in [-0.25, -0.2) is 0 Å². The summed E-state index contributed by atoms with van der Waals surface area (Å²) >= 11 is 0. The Morgan fingerprint density at radius 3 is 0.312 bits per heavy atom. The van der Waals surface area contributed by atoms with Gasteiger partial charge in [0.05, 0.1) is 0 Å². The van der Waals surface area contributed by atoms with E-state index in [-0.39, 0.29) is 74.3 Å². The summed E-state index contributed by atoms with van der Waals surface area (Å²) in [5.74, 6) is 0. The Morgan fingerprint density at radius 1 is 0.312 bits per heavy atom. The minimum Gasteiger partial charge on any atom is -0.0776 e. The molecule has 120 valence electrons. The van der Waals surface area contributed by atoms with Crippen molar-refractivity contribution in [2.24, 2.45) is 0 Å². The molecule has 0 saturated carbocycles. The van der Waals surface area contributed by atoms with Crippen molar-refractivity contribution in [3.05, 3.63) is 0 Å². The lowest BCUT2D eigenvalue weighted by Gasteiger charge is -1.48. The third kappa shape index (κ3) is 0. The van der Waals surface area contributed by atoms with Crippen molar-refractivity contribution in [1.82, 2.24) is 0 Å². The predicted molar refractivity (Wildman–Crippen MR) is 99.2 cm³/mol. The molecule has 0 aliphatic rings. The molecule has 0 aromatic carbocycles. The van der Waals surface area contributed by atoms with Crippen LogP contribution >= 0.6 is 0 Å². The van der Waals surface area contributed by atoms with Crippen molar-refractivity contribution in [2.75, 3.05) is 0 Å². The monoisotopic (exact) mass is 248 g/mol. The minimum absolute atomic E-state index is 0. The molecule has 0 nitrogen and oxygen atoms in total. The zero-order valence-corrected chi connectivity index (χ0v) is 5.41. The van der Waals surface area contributed by atoms with Crippen LogP contribution in [0.25, 0.3) is 0 Å².